The van der Waals surface area contributed by atoms with Crippen LogP contribution in [-0.2, 0) is 24.7 Å². The van der Waals surface area contributed by atoms with E-state index in [-0.39, 0.29) is 0 Å². The summed E-state index contributed by atoms with van der Waals surface area (Å²) in [7, 11) is -17.1. The van der Waals surface area contributed by atoms with Gasteiger partial charge in [-0.05, 0) is 142 Å². The molecule has 0 atom stereocenters. The second-order valence-electron chi connectivity index (χ2n) is 15.7. The van der Waals surface area contributed by atoms with Crippen LogP contribution >= 0.6 is 0 Å². The first-order chi connectivity index (χ1) is 16.9. The lowest BCUT2D eigenvalue weighted by molar-refractivity contribution is 0.382. The molecule has 15 heteroatoms. The van der Waals surface area contributed by atoms with E-state index in [1.165, 1.54) is 0 Å². The van der Waals surface area contributed by atoms with Gasteiger partial charge in [-0.25, -0.2) is 0 Å². The van der Waals surface area contributed by atoms with Crippen LogP contribution in [0, 0.1) is 0 Å². The van der Waals surface area contributed by atoms with E-state index >= 15 is 0 Å². The van der Waals surface area contributed by atoms with Crippen molar-refractivity contribution in [3.63, 3.8) is 0 Å². The normalized spacial score (nSPS) is 15.3. The minimum Gasteiger partial charge on any atom is -0.440 e. The Hall–Kier alpha value is 1.45. The van der Waals surface area contributed by atoms with Crippen LogP contribution in [0.2, 0.25) is 142 Å². The molecule has 0 aromatic rings. The first-order valence-corrected chi connectivity index (χ1v) is 41.4. The molecular formula is C24H66O6Si9. The van der Waals surface area contributed by atoms with Gasteiger partial charge in [0, 0.05) is 0 Å². The molecule has 0 aliphatic heterocycles. The molecule has 0 unspecified atom stereocenters. The van der Waals surface area contributed by atoms with Crippen molar-refractivity contribution >= 4 is 76.3 Å². The van der Waals surface area contributed by atoms with Crippen molar-refractivity contribution in [2.45, 2.75) is 142 Å². The molecule has 6 nitrogen and oxygen atoms in total. The summed E-state index contributed by atoms with van der Waals surface area (Å²) in [5.74, 6) is 0. The summed E-state index contributed by atoms with van der Waals surface area (Å²) in [5.41, 5.74) is 2.00. The molecule has 0 aliphatic rings. The third-order valence-corrected chi connectivity index (χ3v) is 39.0. The second-order valence-corrected chi connectivity index (χ2v) is 50.9. The second kappa shape index (κ2) is 14.5. The Labute approximate surface area is 254 Å². The molecule has 0 fully saturated rings. The van der Waals surface area contributed by atoms with Crippen molar-refractivity contribution in [3.05, 3.63) is 12.3 Å². The van der Waals surface area contributed by atoms with Crippen LogP contribution in [0.3, 0.4) is 0 Å². The number of hydrogen-bond acceptors (Lipinski definition) is 6. The lowest BCUT2D eigenvalue weighted by atomic mass is 10.9. The molecule has 0 bridgehead atoms. The molecule has 0 saturated heterocycles. The van der Waals surface area contributed by atoms with Gasteiger partial charge in [-0.2, -0.15) is 0 Å². The highest BCUT2D eigenvalue weighted by Gasteiger charge is 2.44. The van der Waals surface area contributed by atoms with Gasteiger partial charge < -0.3 is 24.7 Å². The topological polar surface area (TPSA) is 55.4 Å². The fourth-order valence-corrected chi connectivity index (χ4v) is 49.6. The van der Waals surface area contributed by atoms with Crippen molar-refractivity contribution in [1.82, 2.24) is 0 Å². The fourth-order valence-electron chi connectivity index (χ4n) is 5.38. The molecule has 0 spiro atoms. The van der Waals surface area contributed by atoms with Crippen LogP contribution in [0.15, 0.2) is 12.3 Å². The summed E-state index contributed by atoms with van der Waals surface area (Å²) in [4.78, 5) is 0. The Morgan fingerprint density at radius 1 is 0.462 bits per heavy atom. The predicted molar refractivity (Wildman–Crippen MR) is 195 cm³/mol. The minimum absolute atomic E-state index is 1.09. The van der Waals surface area contributed by atoms with Gasteiger partial charge in [0.05, 0.1) is 0 Å². The SMILES string of the molecule is C=C[Si](C)(C)O[Si](C)(C)O[Si](C)(C)CC[Si](C)(C)O[Si](C)(C)O[Si](C)(C)CC[Si](C)(C)O[Si](C)(C)O[SiH](C)C. The maximum absolute atomic E-state index is 6.94. The van der Waals surface area contributed by atoms with E-state index in [9.17, 15) is 0 Å². The zero-order valence-electron chi connectivity index (χ0n) is 29.1. The summed E-state index contributed by atoms with van der Waals surface area (Å²) in [5, 5.41) is 0. The van der Waals surface area contributed by atoms with Gasteiger partial charge in [-0.3, -0.25) is 0 Å². The Morgan fingerprint density at radius 2 is 0.718 bits per heavy atom. The van der Waals surface area contributed by atoms with E-state index in [4.69, 9.17) is 24.7 Å². The predicted octanol–water partition coefficient (Wildman–Crippen LogP) is 8.93. The average molecular weight is 704 g/mol. The molecule has 0 N–H and O–H groups in total. The summed E-state index contributed by atoms with van der Waals surface area (Å²) in [6.45, 7) is 44.9. The molecule has 39 heavy (non-hydrogen) atoms. The molecule has 0 saturated carbocycles. The highest BCUT2D eigenvalue weighted by molar-refractivity contribution is 6.91. The van der Waals surface area contributed by atoms with E-state index in [1.807, 2.05) is 5.70 Å². The van der Waals surface area contributed by atoms with E-state index < -0.39 is 76.3 Å². The molecule has 0 aromatic heterocycles. The van der Waals surface area contributed by atoms with E-state index in [0.29, 0.717) is 0 Å². The lowest BCUT2D eigenvalue weighted by Gasteiger charge is -2.41. The molecule has 0 heterocycles. The van der Waals surface area contributed by atoms with Crippen molar-refractivity contribution in [1.29, 1.82) is 0 Å². The summed E-state index contributed by atoms with van der Waals surface area (Å²) in [6, 6.07) is 4.40. The molecule has 234 valence electrons. The quantitative estimate of drug-likeness (QED) is 0.125. The first-order valence-electron chi connectivity index (χ1n) is 14.7. The Kier molecular flexibility index (Phi) is 15.0. The van der Waals surface area contributed by atoms with E-state index in [0.717, 1.165) is 24.2 Å². The zero-order valence-corrected chi connectivity index (χ0v) is 38.3. The van der Waals surface area contributed by atoms with Crippen LogP contribution in [0.25, 0.3) is 0 Å². The smallest absolute Gasteiger partial charge is 0.311 e. The van der Waals surface area contributed by atoms with Gasteiger partial charge in [-0.1, -0.05) is 5.70 Å². The maximum Gasteiger partial charge on any atom is 0.311 e. The summed E-state index contributed by atoms with van der Waals surface area (Å²) in [6.07, 6.45) is 0. The van der Waals surface area contributed by atoms with Crippen LogP contribution in [0.5, 0.6) is 0 Å². The van der Waals surface area contributed by atoms with Crippen LogP contribution in [0.1, 0.15) is 0 Å². The zero-order chi connectivity index (χ0) is 31.4. The highest BCUT2D eigenvalue weighted by atomic mass is 28.5. The lowest BCUT2D eigenvalue weighted by Crippen LogP contribution is -2.54. The van der Waals surface area contributed by atoms with Gasteiger partial charge in [-0.15, -0.1) is 6.58 Å². The van der Waals surface area contributed by atoms with Gasteiger partial charge in [0.15, 0.2) is 50.6 Å². The average Bonchev–Trinajstić information content (AvgIpc) is 2.59. The Bertz CT molecular complexity index is 784. The molecular weight excluding hydrogens is 637 g/mol. The summed E-state index contributed by atoms with van der Waals surface area (Å²) < 4.78 is 40.1. The Balaban J connectivity index is 5.10. The van der Waals surface area contributed by atoms with Gasteiger partial charge >= 0.3 is 25.7 Å². The van der Waals surface area contributed by atoms with Crippen molar-refractivity contribution < 1.29 is 24.7 Å². The van der Waals surface area contributed by atoms with Crippen molar-refractivity contribution in [2.75, 3.05) is 0 Å². The van der Waals surface area contributed by atoms with Gasteiger partial charge in [0.2, 0.25) is 0 Å². The van der Waals surface area contributed by atoms with Crippen LogP contribution in [0.4, 0.5) is 0 Å². The number of rotatable bonds is 19. The molecule has 0 rings (SSSR count). The maximum atomic E-state index is 6.94. The van der Waals surface area contributed by atoms with Crippen LogP contribution in [-0.4, -0.2) is 76.3 Å². The summed E-state index contributed by atoms with van der Waals surface area (Å²) >= 11 is 0. The van der Waals surface area contributed by atoms with Crippen molar-refractivity contribution in [2.24, 2.45) is 0 Å². The molecule has 0 aromatic carbocycles. The Morgan fingerprint density at radius 3 is 0.974 bits per heavy atom. The third-order valence-electron chi connectivity index (χ3n) is 6.27. The standard InChI is InChI=1S/C24H66O6Si9/c1-20-32(4,5)26-38(16,17)28-34(8,9)23-24-36(12,13)30-39(18,19)29-35(10,11)22-21-33(6,7)27-37(14,15)25-31(2)3/h20,31H,1,21-24H2,2-19H3. The van der Waals surface area contributed by atoms with Gasteiger partial charge in [0.25, 0.3) is 0 Å². The van der Waals surface area contributed by atoms with E-state index in [1.54, 1.807) is 0 Å². The van der Waals surface area contributed by atoms with E-state index in [2.05, 4.69) is 124 Å². The van der Waals surface area contributed by atoms with Gasteiger partial charge in [0.1, 0.15) is 0 Å². The number of hydrogen-bond donors (Lipinski definition) is 0. The van der Waals surface area contributed by atoms with Crippen molar-refractivity contribution in [3.8, 4) is 0 Å². The van der Waals surface area contributed by atoms with Crippen LogP contribution < -0.4 is 0 Å². The molecule has 0 aliphatic carbocycles. The monoisotopic (exact) mass is 702 g/mol. The third kappa shape index (κ3) is 19.4. The highest BCUT2D eigenvalue weighted by Crippen LogP contribution is 2.32. The first kappa shape index (κ1) is 40.5. The largest absolute Gasteiger partial charge is 0.440 e. The molecule has 0 amide bonds. The molecule has 0 radical (unpaired) electrons. The minimum atomic E-state index is -2.28. The fraction of sp³-hybridized carbons (Fsp3) is 0.917.